The lowest BCUT2D eigenvalue weighted by atomic mass is 10.1. The van der Waals surface area contributed by atoms with Gasteiger partial charge in [-0.1, -0.05) is 18.5 Å². The number of nitrogens with two attached hydrogens (primary N) is 1. The quantitative estimate of drug-likeness (QED) is 0.843. The Balaban J connectivity index is 2.15. The van der Waals surface area contributed by atoms with Crippen molar-refractivity contribution in [2.24, 2.45) is 5.92 Å². The van der Waals surface area contributed by atoms with E-state index in [9.17, 15) is 4.79 Å². The minimum atomic E-state index is 0.0260. The number of nitrogens with zero attached hydrogens (tertiary/aromatic N) is 2. The molecule has 0 bridgehead atoms. The van der Waals surface area contributed by atoms with E-state index in [-0.39, 0.29) is 5.91 Å². The average molecular weight is 282 g/mol. The number of likely N-dealkylation sites (N-methyl/N-ethyl adjacent to an activating group) is 1. The second-order valence-electron chi connectivity index (χ2n) is 5.45. The normalized spacial score (nSPS) is 23.1. The molecule has 0 aromatic heterocycles. The van der Waals surface area contributed by atoms with Gasteiger partial charge in [0.2, 0.25) is 0 Å². The summed E-state index contributed by atoms with van der Waals surface area (Å²) in [6.45, 7) is 3.71. The van der Waals surface area contributed by atoms with Crippen LogP contribution in [0.4, 0.5) is 5.69 Å². The van der Waals surface area contributed by atoms with Crippen LogP contribution in [0.25, 0.3) is 0 Å². The Bertz CT molecular complexity index is 490. The molecule has 5 heteroatoms. The maximum absolute atomic E-state index is 12.4. The van der Waals surface area contributed by atoms with Crippen LogP contribution in [0.1, 0.15) is 17.3 Å². The van der Waals surface area contributed by atoms with E-state index >= 15 is 0 Å². The van der Waals surface area contributed by atoms with Crippen LogP contribution in [-0.2, 0) is 0 Å². The zero-order valence-corrected chi connectivity index (χ0v) is 12.3. The first-order valence-electron chi connectivity index (χ1n) is 6.41. The Morgan fingerprint density at radius 1 is 1.42 bits per heavy atom. The van der Waals surface area contributed by atoms with Gasteiger partial charge in [0.05, 0.1) is 10.7 Å². The van der Waals surface area contributed by atoms with Crippen LogP contribution in [0.3, 0.4) is 0 Å². The summed E-state index contributed by atoms with van der Waals surface area (Å²) in [7, 11) is 4.10. The predicted molar refractivity (Wildman–Crippen MR) is 78.4 cm³/mol. The number of rotatable bonds is 2. The molecule has 1 heterocycles. The van der Waals surface area contributed by atoms with Gasteiger partial charge in [-0.15, -0.1) is 0 Å². The summed E-state index contributed by atoms with van der Waals surface area (Å²) in [6, 6.07) is 5.47. The number of carbonyl (C=O) groups is 1. The lowest BCUT2D eigenvalue weighted by Gasteiger charge is -2.22. The average Bonchev–Trinajstić information content (AvgIpc) is 2.74. The number of nitrogen functional groups attached to an aromatic ring is 1. The van der Waals surface area contributed by atoms with Crippen molar-refractivity contribution in [3.05, 3.63) is 28.8 Å². The predicted octanol–water partition coefficient (Wildman–Crippen LogP) is 1.94. The van der Waals surface area contributed by atoms with Crippen molar-refractivity contribution < 1.29 is 4.79 Å². The van der Waals surface area contributed by atoms with Crippen LogP contribution in [-0.4, -0.2) is 48.9 Å². The standard InChI is InChI=1S/C14H20ClN3O/c1-9-7-18(8-13(9)17(2)3)14(19)10-4-5-12(16)11(15)6-10/h4-6,9,13H,7-8,16H2,1-3H3. The molecule has 1 saturated heterocycles. The Morgan fingerprint density at radius 2 is 2.11 bits per heavy atom. The fraction of sp³-hybridized carbons (Fsp3) is 0.500. The van der Waals surface area contributed by atoms with Crippen molar-refractivity contribution >= 4 is 23.2 Å². The van der Waals surface area contributed by atoms with Crippen molar-refractivity contribution in [3.8, 4) is 0 Å². The molecule has 0 radical (unpaired) electrons. The zero-order chi connectivity index (χ0) is 14.2. The summed E-state index contributed by atoms with van der Waals surface area (Å²) in [4.78, 5) is 16.5. The second-order valence-corrected chi connectivity index (χ2v) is 5.86. The number of carbonyl (C=O) groups excluding carboxylic acids is 1. The maximum atomic E-state index is 12.4. The highest BCUT2D eigenvalue weighted by molar-refractivity contribution is 6.33. The van der Waals surface area contributed by atoms with E-state index in [4.69, 9.17) is 17.3 Å². The summed E-state index contributed by atoms with van der Waals surface area (Å²) in [6.07, 6.45) is 0. The lowest BCUT2D eigenvalue weighted by Crippen LogP contribution is -2.35. The third-order valence-corrected chi connectivity index (χ3v) is 4.10. The fourth-order valence-electron chi connectivity index (χ4n) is 2.63. The molecule has 1 aromatic carbocycles. The number of anilines is 1. The van der Waals surface area contributed by atoms with Gasteiger partial charge in [0.25, 0.3) is 5.91 Å². The van der Waals surface area contributed by atoms with E-state index < -0.39 is 0 Å². The van der Waals surface area contributed by atoms with Crippen LogP contribution >= 0.6 is 11.6 Å². The SMILES string of the molecule is CC1CN(C(=O)c2ccc(N)c(Cl)c2)CC1N(C)C. The van der Waals surface area contributed by atoms with Gasteiger partial charge in [-0.3, -0.25) is 4.79 Å². The molecule has 1 aromatic rings. The smallest absolute Gasteiger partial charge is 0.253 e. The Morgan fingerprint density at radius 3 is 2.63 bits per heavy atom. The summed E-state index contributed by atoms with van der Waals surface area (Å²) in [5.41, 5.74) is 6.76. The summed E-state index contributed by atoms with van der Waals surface area (Å²) < 4.78 is 0. The van der Waals surface area contributed by atoms with E-state index in [0.29, 0.717) is 28.2 Å². The molecule has 2 atom stereocenters. The molecule has 1 fully saturated rings. The van der Waals surface area contributed by atoms with E-state index in [1.54, 1.807) is 18.2 Å². The third kappa shape index (κ3) is 2.85. The lowest BCUT2D eigenvalue weighted by molar-refractivity contribution is 0.0781. The largest absolute Gasteiger partial charge is 0.398 e. The van der Waals surface area contributed by atoms with Gasteiger partial charge < -0.3 is 15.5 Å². The number of hydrogen-bond acceptors (Lipinski definition) is 3. The second kappa shape index (κ2) is 5.39. The Labute approximate surface area is 119 Å². The Hall–Kier alpha value is -1.26. The van der Waals surface area contributed by atoms with Crippen molar-refractivity contribution in [2.45, 2.75) is 13.0 Å². The van der Waals surface area contributed by atoms with E-state index in [2.05, 4.69) is 25.9 Å². The van der Waals surface area contributed by atoms with Gasteiger partial charge in [-0.25, -0.2) is 0 Å². The minimum absolute atomic E-state index is 0.0260. The first-order chi connectivity index (χ1) is 8.90. The molecule has 19 heavy (non-hydrogen) atoms. The molecule has 0 spiro atoms. The van der Waals surface area contributed by atoms with Crippen molar-refractivity contribution in [2.75, 3.05) is 32.9 Å². The van der Waals surface area contributed by atoms with Gasteiger partial charge >= 0.3 is 0 Å². The van der Waals surface area contributed by atoms with Crippen LogP contribution < -0.4 is 5.73 Å². The van der Waals surface area contributed by atoms with Gasteiger partial charge in [0.15, 0.2) is 0 Å². The summed E-state index contributed by atoms with van der Waals surface area (Å²) in [5, 5.41) is 0.433. The number of amides is 1. The molecule has 2 N–H and O–H groups in total. The minimum Gasteiger partial charge on any atom is -0.398 e. The number of benzene rings is 1. The molecular formula is C14H20ClN3O. The molecule has 1 aliphatic rings. The number of hydrogen-bond donors (Lipinski definition) is 1. The maximum Gasteiger partial charge on any atom is 0.253 e. The van der Waals surface area contributed by atoms with Crippen molar-refractivity contribution in [3.63, 3.8) is 0 Å². The van der Waals surface area contributed by atoms with E-state index in [1.165, 1.54) is 0 Å². The van der Waals surface area contributed by atoms with Crippen LogP contribution in [0.2, 0.25) is 5.02 Å². The van der Waals surface area contributed by atoms with Crippen LogP contribution in [0, 0.1) is 5.92 Å². The highest BCUT2D eigenvalue weighted by Gasteiger charge is 2.33. The molecule has 4 nitrogen and oxygen atoms in total. The van der Waals surface area contributed by atoms with Gasteiger partial charge in [0.1, 0.15) is 0 Å². The summed E-state index contributed by atoms with van der Waals surface area (Å²) in [5.74, 6) is 0.501. The van der Waals surface area contributed by atoms with Crippen molar-refractivity contribution in [1.82, 2.24) is 9.80 Å². The molecule has 2 rings (SSSR count). The fourth-order valence-corrected chi connectivity index (χ4v) is 2.81. The highest BCUT2D eigenvalue weighted by Crippen LogP contribution is 2.24. The van der Waals surface area contributed by atoms with E-state index in [1.807, 2.05) is 4.90 Å². The molecule has 1 aliphatic heterocycles. The van der Waals surface area contributed by atoms with Gasteiger partial charge in [-0.2, -0.15) is 0 Å². The Kier molecular flexibility index (Phi) is 4.02. The first-order valence-corrected chi connectivity index (χ1v) is 6.78. The molecule has 0 saturated carbocycles. The summed E-state index contributed by atoms with van der Waals surface area (Å²) >= 11 is 5.97. The third-order valence-electron chi connectivity index (χ3n) is 3.77. The van der Waals surface area contributed by atoms with Gasteiger partial charge in [-0.05, 0) is 38.2 Å². The van der Waals surface area contributed by atoms with Crippen molar-refractivity contribution in [1.29, 1.82) is 0 Å². The van der Waals surface area contributed by atoms with Crippen LogP contribution in [0.5, 0.6) is 0 Å². The molecule has 2 unspecified atom stereocenters. The molecule has 0 aliphatic carbocycles. The molecular weight excluding hydrogens is 262 g/mol. The first kappa shape index (κ1) is 14.2. The topological polar surface area (TPSA) is 49.6 Å². The number of likely N-dealkylation sites (tertiary alicyclic amines) is 1. The zero-order valence-electron chi connectivity index (χ0n) is 11.6. The number of halogens is 1. The van der Waals surface area contributed by atoms with Gasteiger partial charge in [0, 0.05) is 24.7 Å². The highest BCUT2D eigenvalue weighted by atomic mass is 35.5. The molecule has 1 amide bonds. The van der Waals surface area contributed by atoms with Crippen LogP contribution in [0.15, 0.2) is 18.2 Å². The molecule has 104 valence electrons. The monoisotopic (exact) mass is 281 g/mol. The van der Waals surface area contributed by atoms with E-state index in [0.717, 1.165) is 13.1 Å².